The Morgan fingerprint density at radius 1 is 1.33 bits per heavy atom. The van der Waals surface area contributed by atoms with E-state index in [1.807, 2.05) is 0 Å². The highest BCUT2D eigenvalue weighted by Gasteiger charge is 2.34. The van der Waals surface area contributed by atoms with Crippen LogP contribution in [0.15, 0.2) is 12.1 Å². The molecular formula is C14H19N3O7. The van der Waals surface area contributed by atoms with E-state index < -0.39 is 22.8 Å². The molecule has 1 heterocycles. The smallest absolute Gasteiger partial charge is 0.278 e. The average molecular weight is 341 g/mol. The van der Waals surface area contributed by atoms with Crippen molar-refractivity contribution in [2.45, 2.75) is 18.9 Å². The van der Waals surface area contributed by atoms with E-state index in [2.05, 4.69) is 10.6 Å². The van der Waals surface area contributed by atoms with Gasteiger partial charge in [-0.25, -0.2) is 0 Å². The molecule has 10 nitrogen and oxygen atoms in total. The Kier molecular flexibility index (Phi) is 5.22. The molecule has 0 aromatic heterocycles. The fourth-order valence-electron chi connectivity index (χ4n) is 2.25. The maximum Gasteiger partial charge on any atom is 0.278 e. The quantitative estimate of drug-likeness (QED) is 0.421. The van der Waals surface area contributed by atoms with Crippen LogP contribution in [0.1, 0.15) is 18.5 Å². The lowest BCUT2D eigenvalue weighted by Crippen LogP contribution is -2.52. The molecule has 0 bridgehead atoms. The number of nitrogens with one attached hydrogen (secondary N) is 2. The third kappa shape index (κ3) is 3.40. The summed E-state index contributed by atoms with van der Waals surface area (Å²) in [6.07, 6.45) is 0. The van der Waals surface area contributed by atoms with Crippen molar-refractivity contribution in [2.75, 3.05) is 28.1 Å². The predicted octanol–water partition coefficient (Wildman–Crippen LogP) is 0.667. The van der Waals surface area contributed by atoms with Crippen molar-refractivity contribution < 1.29 is 28.7 Å². The third-order valence-corrected chi connectivity index (χ3v) is 3.71. The van der Waals surface area contributed by atoms with Crippen molar-refractivity contribution >= 4 is 11.6 Å². The van der Waals surface area contributed by atoms with Gasteiger partial charge >= 0.3 is 0 Å². The zero-order valence-electron chi connectivity index (χ0n) is 13.7. The van der Waals surface area contributed by atoms with Gasteiger partial charge in [-0.3, -0.25) is 14.9 Å². The van der Waals surface area contributed by atoms with E-state index in [-0.39, 0.29) is 23.8 Å². The molecule has 2 rings (SSSR count). The topological polar surface area (TPSA) is 121 Å². The van der Waals surface area contributed by atoms with Crippen LogP contribution in [-0.4, -0.2) is 44.8 Å². The number of benzene rings is 1. The molecule has 0 spiro atoms. The maximum absolute atomic E-state index is 12.6. The molecule has 1 amide bonds. The first-order valence-corrected chi connectivity index (χ1v) is 7.02. The number of amides is 1. The molecule has 1 aromatic rings. The van der Waals surface area contributed by atoms with Gasteiger partial charge in [-0.2, -0.15) is 0 Å². The number of nitro groups is 1. The molecule has 0 fully saturated rings. The molecule has 1 aliphatic heterocycles. The second kappa shape index (κ2) is 6.99. The van der Waals surface area contributed by atoms with E-state index in [9.17, 15) is 14.9 Å². The Balaban J connectivity index is 2.40. The lowest BCUT2D eigenvalue weighted by molar-refractivity contribution is -0.385. The summed E-state index contributed by atoms with van der Waals surface area (Å²) >= 11 is 0. The number of carbonyl (C=O) groups is 1. The Bertz CT molecular complexity index is 646. The van der Waals surface area contributed by atoms with E-state index in [0.29, 0.717) is 5.75 Å². The summed E-state index contributed by atoms with van der Waals surface area (Å²) < 4.78 is 20.5. The molecule has 0 radical (unpaired) electrons. The minimum Gasteiger partial charge on any atom is -0.454 e. The monoisotopic (exact) mass is 341 g/mol. The Morgan fingerprint density at radius 2 is 1.92 bits per heavy atom. The Morgan fingerprint density at radius 3 is 2.42 bits per heavy atom. The Labute approximate surface area is 138 Å². The van der Waals surface area contributed by atoms with Gasteiger partial charge in [-0.05, 0) is 13.1 Å². The molecule has 0 aliphatic carbocycles. The normalized spacial score (nSPS) is 14.3. The first kappa shape index (κ1) is 17.9. The van der Waals surface area contributed by atoms with Crippen LogP contribution < -0.4 is 20.1 Å². The number of nitro benzene ring substituents is 1. The van der Waals surface area contributed by atoms with Crippen LogP contribution in [0.4, 0.5) is 5.69 Å². The fraction of sp³-hybridized carbons (Fsp3) is 0.500. The molecule has 0 saturated carbocycles. The number of hydrogen-bond acceptors (Lipinski definition) is 8. The lowest BCUT2D eigenvalue weighted by atomic mass is 10.0. The third-order valence-electron chi connectivity index (χ3n) is 3.71. The SMILES string of the molecule is CNC(C(=O)NC(C)(OC)OC)c1cc2c(cc1[N+](=O)[O-])OCO2. The number of rotatable bonds is 7. The van der Waals surface area contributed by atoms with Crippen molar-refractivity contribution in [3.05, 3.63) is 27.8 Å². The molecule has 10 heteroatoms. The molecular weight excluding hydrogens is 322 g/mol. The van der Waals surface area contributed by atoms with Crippen molar-refractivity contribution in [2.24, 2.45) is 0 Å². The number of carbonyl (C=O) groups excluding carboxylic acids is 1. The average Bonchev–Trinajstić information content (AvgIpc) is 3.01. The van der Waals surface area contributed by atoms with E-state index in [1.54, 1.807) is 0 Å². The summed E-state index contributed by atoms with van der Waals surface area (Å²) in [5.74, 6) is -1.33. The van der Waals surface area contributed by atoms with Crippen LogP contribution in [0.3, 0.4) is 0 Å². The molecule has 2 N–H and O–H groups in total. The van der Waals surface area contributed by atoms with Crippen molar-refractivity contribution in [3.8, 4) is 11.5 Å². The van der Waals surface area contributed by atoms with E-state index in [0.717, 1.165) is 0 Å². The van der Waals surface area contributed by atoms with Gasteiger partial charge in [0.1, 0.15) is 6.04 Å². The van der Waals surface area contributed by atoms with Gasteiger partial charge in [0.25, 0.3) is 5.69 Å². The maximum atomic E-state index is 12.6. The van der Waals surface area contributed by atoms with Crippen molar-refractivity contribution in [1.29, 1.82) is 0 Å². The van der Waals surface area contributed by atoms with Gasteiger partial charge in [0, 0.05) is 21.1 Å². The van der Waals surface area contributed by atoms with Crippen molar-refractivity contribution in [3.63, 3.8) is 0 Å². The van der Waals surface area contributed by atoms with Gasteiger partial charge in [0.05, 0.1) is 16.6 Å². The molecule has 132 valence electrons. The van der Waals surface area contributed by atoms with Crippen LogP contribution in [0.25, 0.3) is 0 Å². The minimum atomic E-state index is -1.36. The van der Waals surface area contributed by atoms with E-state index >= 15 is 0 Å². The highest BCUT2D eigenvalue weighted by Crippen LogP contribution is 2.40. The first-order valence-electron chi connectivity index (χ1n) is 7.02. The highest BCUT2D eigenvalue weighted by atomic mass is 16.7. The number of fused-ring (bicyclic) bond motifs is 1. The van der Waals surface area contributed by atoms with Crippen LogP contribution in [0.5, 0.6) is 11.5 Å². The number of nitrogens with zero attached hydrogens (tertiary/aromatic N) is 1. The second-order valence-electron chi connectivity index (χ2n) is 5.09. The van der Waals surface area contributed by atoms with Gasteiger partial charge in [0.15, 0.2) is 11.5 Å². The van der Waals surface area contributed by atoms with Gasteiger partial charge in [0.2, 0.25) is 18.6 Å². The summed E-state index contributed by atoms with van der Waals surface area (Å²) in [6.45, 7) is 1.48. The molecule has 1 atom stereocenters. The van der Waals surface area contributed by atoms with Crippen LogP contribution in [0.2, 0.25) is 0 Å². The van der Waals surface area contributed by atoms with Crippen LogP contribution in [-0.2, 0) is 14.3 Å². The van der Waals surface area contributed by atoms with Gasteiger partial charge in [-0.1, -0.05) is 0 Å². The number of hydrogen-bond donors (Lipinski definition) is 2. The largest absolute Gasteiger partial charge is 0.454 e. The minimum absolute atomic E-state index is 0.0300. The first-order chi connectivity index (χ1) is 11.3. The van der Waals surface area contributed by atoms with Crippen LogP contribution >= 0.6 is 0 Å². The second-order valence-corrected chi connectivity index (χ2v) is 5.09. The standard InChI is InChI=1S/C14H19N3O7/c1-14(21-3,22-4)16-13(18)12(15-2)8-5-10-11(24-7-23-10)6-9(8)17(19)20/h5-6,12,15H,7H2,1-4H3,(H,16,18). The van der Waals surface area contributed by atoms with Crippen molar-refractivity contribution in [1.82, 2.24) is 10.6 Å². The molecule has 0 saturated heterocycles. The summed E-state index contributed by atoms with van der Waals surface area (Å²) in [7, 11) is 4.23. The van der Waals surface area contributed by atoms with E-state index in [1.165, 1.54) is 40.3 Å². The van der Waals surface area contributed by atoms with Gasteiger partial charge < -0.3 is 29.6 Å². The van der Waals surface area contributed by atoms with Gasteiger partial charge in [-0.15, -0.1) is 0 Å². The summed E-state index contributed by atoms with van der Waals surface area (Å²) in [4.78, 5) is 23.3. The van der Waals surface area contributed by atoms with E-state index in [4.69, 9.17) is 18.9 Å². The summed E-state index contributed by atoms with van der Waals surface area (Å²) in [5, 5.41) is 16.6. The molecule has 24 heavy (non-hydrogen) atoms. The predicted molar refractivity (Wildman–Crippen MR) is 81.6 cm³/mol. The summed E-state index contributed by atoms with van der Waals surface area (Å²) in [5.41, 5.74) is -0.121. The zero-order valence-corrected chi connectivity index (χ0v) is 13.7. The number of likely N-dealkylation sites (N-methyl/N-ethyl adjacent to an activating group) is 1. The highest BCUT2D eigenvalue weighted by molar-refractivity contribution is 5.85. The molecule has 1 unspecified atom stereocenters. The summed E-state index contributed by atoms with van der Waals surface area (Å²) in [6, 6.07) is 1.63. The molecule has 1 aliphatic rings. The lowest BCUT2D eigenvalue weighted by Gasteiger charge is -2.29. The molecule has 1 aromatic carbocycles. The zero-order chi connectivity index (χ0) is 17.9. The van der Waals surface area contributed by atoms with Crippen LogP contribution in [0, 0.1) is 10.1 Å². The Hall–Kier alpha value is -2.43. The fourth-order valence-corrected chi connectivity index (χ4v) is 2.25. The number of methoxy groups -OCH3 is 2. The number of ether oxygens (including phenoxy) is 4.